The van der Waals surface area contributed by atoms with E-state index in [0.717, 1.165) is 36.3 Å². The van der Waals surface area contributed by atoms with E-state index in [-0.39, 0.29) is 17.3 Å². The van der Waals surface area contributed by atoms with E-state index in [2.05, 4.69) is 17.0 Å². The quantitative estimate of drug-likeness (QED) is 0.498. The number of hydrogen-bond donors (Lipinski definition) is 0. The van der Waals surface area contributed by atoms with Crippen LogP contribution in [-0.4, -0.2) is 56.8 Å². The van der Waals surface area contributed by atoms with E-state index in [1.165, 1.54) is 9.87 Å². The molecule has 0 aliphatic carbocycles. The van der Waals surface area contributed by atoms with Gasteiger partial charge in [-0.05, 0) is 55.7 Å². The van der Waals surface area contributed by atoms with Crippen LogP contribution in [0.1, 0.15) is 22.3 Å². The molecule has 35 heavy (non-hydrogen) atoms. The van der Waals surface area contributed by atoms with Crippen LogP contribution in [0.15, 0.2) is 77.7 Å². The summed E-state index contributed by atoms with van der Waals surface area (Å²) in [6.07, 6.45) is 0. The summed E-state index contributed by atoms with van der Waals surface area (Å²) in [5, 5.41) is 0. The van der Waals surface area contributed by atoms with Crippen LogP contribution in [0.5, 0.6) is 0 Å². The summed E-state index contributed by atoms with van der Waals surface area (Å²) in [6, 6.07) is 22.7. The van der Waals surface area contributed by atoms with Gasteiger partial charge in [-0.15, -0.1) is 0 Å². The van der Waals surface area contributed by atoms with E-state index in [1.54, 1.807) is 29.2 Å². The molecule has 0 atom stereocenters. The summed E-state index contributed by atoms with van der Waals surface area (Å²) in [4.78, 5) is 17.7. The predicted molar refractivity (Wildman–Crippen MR) is 140 cm³/mol. The lowest BCUT2D eigenvalue weighted by Crippen LogP contribution is -2.51. The molecule has 1 fully saturated rings. The van der Waals surface area contributed by atoms with Crippen LogP contribution in [-0.2, 0) is 21.4 Å². The Labute approximate surface area is 208 Å². The molecule has 184 valence electrons. The standard InChI is InChI=1S/C28H33N3O3S/c1-22-10-13-26(14-11-22)35(33,34)31(27-19-23(2)9-12-24(27)3)21-28(32)30-17-15-29(16-18-30)20-25-7-5-4-6-8-25/h4-14,19H,15-18,20-21H2,1-3H3. The first-order valence-corrected chi connectivity index (χ1v) is 13.4. The lowest BCUT2D eigenvalue weighted by atomic mass is 10.1. The lowest BCUT2D eigenvalue weighted by Gasteiger charge is -2.36. The minimum atomic E-state index is -3.92. The van der Waals surface area contributed by atoms with Gasteiger partial charge >= 0.3 is 0 Å². The SMILES string of the molecule is Cc1ccc(S(=O)(=O)N(CC(=O)N2CCN(Cc3ccccc3)CC2)c2cc(C)ccc2C)cc1. The molecule has 3 aromatic carbocycles. The van der Waals surface area contributed by atoms with Crippen molar-refractivity contribution in [3.63, 3.8) is 0 Å². The van der Waals surface area contributed by atoms with Gasteiger partial charge in [-0.3, -0.25) is 14.0 Å². The monoisotopic (exact) mass is 491 g/mol. The number of hydrogen-bond acceptors (Lipinski definition) is 4. The largest absolute Gasteiger partial charge is 0.339 e. The van der Waals surface area contributed by atoms with Crippen LogP contribution in [0.2, 0.25) is 0 Å². The van der Waals surface area contributed by atoms with Crippen molar-refractivity contribution in [3.8, 4) is 0 Å². The molecule has 1 heterocycles. The lowest BCUT2D eigenvalue weighted by molar-refractivity contribution is -0.131. The Balaban J connectivity index is 1.53. The predicted octanol–water partition coefficient (Wildman–Crippen LogP) is 4.15. The topological polar surface area (TPSA) is 60.9 Å². The van der Waals surface area contributed by atoms with Gasteiger partial charge in [0.2, 0.25) is 5.91 Å². The Kier molecular flexibility index (Phi) is 7.57. The molecule has 4 rings (SSSR count). The zero-order valence-electron chi connectivity index (χ0n) is 20.6. The molecule has 1 aliphatic rings. The summed E-state index contributed by atoms with van der Waals surface area (Å²) in [6.45, 7) is 9.02. The number of piperazine rings is 1. The van der Waals surface area contributed by atoms with Gasteiger partial charge in [-0.2, -0.15) is 0 Å². The molecule has 0 unspecified atom stereocenters. The van der Waals surface area contributed by atoms with Crippen molar-refractivity contribution in [1.82, 2.24) is 9.80 Å². The van der Waals surface area contributed by atoms with Gasteiger partial charge in [0.05, 0.1) is 10.6 Å². The van der Waals surface area contributed by atoms with Crippen molar-refractivity contribution < 1.29 is 13.2 Å². The molecule has 0 spiro atoms. The first-order chi connectivity index (χ1) is 16.7. The maximum atomic E-state index is 13.7. The Morgan fingerprint density at radius 2 is 1.46 bits per heavy atom. The minimum Gasteiger partial charge on any atom is -0.339 e. The fourth-order valence-corrected chi connectivity index (χ4v) is 5.82. The van der Waals surface area contributed by atoms with Gasteiger partial charge in [-0.1, -0.05) is 60.2 Å². The van der Waals surface area contributed by atoms with Crippen LogP contribution >= 0.6 is 0 Å². The summed E-state index contributed by atoms with van der Waals surface area (Å²) in [5.74, 6) is -0.180. The maximum absolute atomic E-state index is 13.7. The molecule has 0 N–H and O–H groups in total. The van der Waals surface area contributed by atoms with Gasteiger partial charge in [0, 0.05) is 32.7 Å². The maximum Gasteiger partial charge on any atom is 0.264 e. The molecule has 0 aromatic heterocycles. The first-order valence-electron chi connectivity index (χ1n) is 11.9. The van der Waals surface area contributed by atoms with Crippen molar-refractivity contribution in [2.45, 2.75) is 32.2 Å². The Morgan fingerprint density at radius 3 is 2.11 bits per heavy atom. The molecule has 0 saturated carbocycles. The van der Waals surface area contributed by atoms with Crippen LogP contribution in [0.25, 0.3) is 0 Å². The first kappa shape index (κ1) is 24.9. The van der Waals surface area contributed by atoms with Gasteiger partial charge in [0.25, 0.3) is 10.0 Å². The van der Waals surface area contributed by atoms with E-state index in [1.807, 2.05) is 57.2 Å². The second-order valence-corrected chi connectivity index (χ2v) is 11.1. The van der Waals surface area contributed by atoms with E-state index in [0.29, 0.717) is 18.8 Å². The molecule has 3 aromatic rings. The van der Waals surface area contributed by atoms with Crippen LogP contribution in [0, 0.1) is 20.8 Å². The fraction of sp³-hybridized carbons (Fsp3) is 0.321. The smallest absolute Gasteiger partial charge is 0.264 e. The third-order valence-corrected chi connectivity index (χ3v) is 8.27. The van der Waals surface area contributed by atoms with Crippen molar-refractivity contribution in [2.75, 3.05) is 37.0 Å². The minimum absolute atomic E-state index is 0.180. The molecule has 0 radical (unpaired) electrons. The Hall–Kier alpha value is -3.16. The highest BCUT2D eigenvalue weighted by Gasteiger charge is 2.31. The van der Waals surface area contributed by atoms with Crippen LogP contribution in [0.3, 0.4) is 0 Å². The number of benzene rings is 3. The summed E-state index contributed by atoms with van der Waals surface area (Å²) >= 11 is 0. The van der Waals surface area contributed by atoms with Crippen molar-refractivity contribution in [2.24, 2.45) is 0 Å². The molecule has 7 heteroatoms. The average molecular weight is 492 g/mol. The molecular formula is C28H33N3O3S. The van der Waals surface area contributed by atoms with E-state index >= 15 is 0 Å². The number of anilines is 1. The number of amides is 1. The number of sulfonamides is 1. The zero-order valence-corrected chi connectivity index (χ0v) is 21.5. The van der Waals surface area contributed by atoms with Crippen molar-refractivity contribution >= 4 is 21.6 Å². The van der Waals surface area contributed by atoms with Gasteiger partial charge in [-0.25, -0.2) is 8.42 Å². The van der Waals surface area contributed by atoms with Crippen molar-refractivity contribution in [3.05, 3.63) is 95.1 Å². The molecule has 6 nitrogen and oxygen atoms in total. The molecule has 1 saturated heterocycles. The third kappa shape index (κ3) is 5.92. The highest BCUT2D eigenvalue weighted by Crippen LogP contribution is 2.28. The van der Waals surface area contributed by atoms with Gasteiger partial charge in [0.15, 0.2) is 0 Å². The van der Waals surface area contributed by atoms with Gasteiger partial charge in [0.1, 0.15) is 6.54 Å². The molecule has 1 amide bonds. The van der Waals surface area contributed by atoms with Crippen molar-refractivity contribution in [1.29, 1.82) is 0 Å². The highest BCUT2D eigenvalue weighted by atomic mass is 32.2. The number of carbonyl (C=O) groups is 1. The molecule has 0 bridgehead atoms. The van der Waals surface area contributed by atoms with E-state index in [4.69, 9.17) is 0 Å². The van der Waals surface area contributed by atoms with Gasteiger partial charge < -0.3 is 4.90 Å². The number of rotatable bonds is 7. The van der Waals surface area contributed by atoms with E-state index in [9.17, 15) is 13.2 Å². The number of nitrogens with zero attached hydrogens (tertiary/aromatic N) is 3. The normalized spacial score (nSPS) is 14.7. The van der Waals surface area contributed by atoms with Crippen LogP contribution < -0.4 is 4.31 Å². The zero-order chi connectivity index (χ0) is 25.0. The fourth-order valence-electron chi connectivity index (χ4n) is 4.35. The summed E-state index contributed by atoms with van der Waals surface area (Å²) < 4.78 is 28.7. The number of carbonyl (C=O) groups excluding carboxylic acids is 1. The Morgan fingerprint density at radius 1 is 0.829 bits per heavy atom. The third-order valence-electron chi connectivity index (χ3n) is 6.50. The summed E-state index contributed by atoms with van der Waals surface area (Å²) in [5.41, 5.74) is 4.52. The molecular weight excluding hydrogens is 458 g/mol. The summed E-state index contributed by atoms with van der Waals surface area (Å²) in [7, 11) is -3.92. The highest BCUT2D eigenvalue weighted by molar-refractivity contribution is 7.92. The Bertz CT molecular complexity index is 1270. The van der Waals surface area contributed by atoms with E-state index < -0.39 is 10.0 Å². The van der Waals surface area contributed by atoms with Crippen LogP contribution in [0.4, 0.5) is 5.69 Å². The number of aryl methyl sites for hydroxylation is 3. The second kappa shape index (κ2) is 10.6. The average Bonchev–Trinajstić information content (AvgIpc) is 2.85. The second-order valence-electron chi connectivity index (χ2n) is 9.26. The molecule has 1 aliphatic heterocycles.